The molecule has 0 saturated heterocycles. The van der Waals surface area contributed by atoms with E-state index in [-0.39, 0.29) is 11.8 Å². The molecule has 0 fully saturated rings. The molecular weight excluding hydrogens is 500 g/mol. The number of hydrogen-bond acceptors (Lipinski definition) is 6. The summed E-state index contributed by atoms with van der Waals surface area (Å²) in [4.78, 5) is 22.8. The molecule has 202 valence electrons. The van der Waals surface area contributed by atoms with E-state index in [1.165, 1.54) is 0 Å². The van der Waals surface area contributed by atoms with Crippen molar-refractivity contribution in [1.29, 1.82) is 0 Å². The molecule has 40 heavy (non-hydrogen) atoms. The van der Waals surface area contributed by atoms with Crippen LogP contribution >= 0.6 is 0 Å². The van der Waals surface area contributed by atoms with Gasteiger partial charge in [0, 0.05) is 36.6 Å². The predicted molar refractivity (Wildman–Crippen MR) is 155 cm³/mol. The van der Waals surface area contributed by atoms with Crippen LogP contribution in [0.4, 0.5) is 5.69 Å². The highest BCUT2D eigenvalue weighted by Gasteiger charge is 2.33. The standard InChI is InChI=1S/C32H32N6O2/c1-21-20-33-22(2)35-29(21)25-14-16-26(17-15-25)36-32(40)30(37-31(39)27-18-19-34-38(27)3)28(23-10-6-4-7-11-23)24-12-8-5-9-13-24/h4-20,28,30-31,37,39H,1-3H3,(H,36,40)/t30-,31?/m0/s1. The molecule has 5 rings (SSSR count). The van der Waals surface area contributed by atoms with Crippen molar-refractivity contribution in [3.8, 4) is 11.3 Å². The zero-order valence-electron chi connectivity index (χ0n) is 22.7. The van der Waals surface area contributed by atoms with Crippen LogP contribution in [-0.2, 0) is 11.8 Å². The van der Waals surface area contributed by atoms with Gasteiger partial charge >= 0.3 is 0 Å². The summed E-state index contributed by atoms with van der Waals surface area (Å²) in [5.74, 6) is 0.0451. The Hall–Kier alpha value is -4.66. The summed E-state index contributed by atoms with van der Waals surface area (Å²) < 4.78 is 1.59. The molecule has 8 nitrogen and oxygen atoms in total. The monoisotopic (exact) mass is 532 g/mol. The van der Waals surface area contributed by atoms with Crippen LogP contribution in [0.15, 0.2) is 103 Å². The molecular formula is C32H32N6O2. The van der Waals surface area contributed by atoms with E-state index < -0.39 is 12.3 Å². The van der Waals surface area contributed by atoms with Gasteiger partial charge in [-0.1, -0.05) is 72.8 Å². The van der Waals surface area contributed by atoms with E-state index in [0.717, 1.165) is 27.9 Å². The van der Waals surface area contributed by atoms with Crippen molar-refractivity contribution in [2.24, 2.45) is 7.05 Å². The Bertz CT molecular complexity index is 1530. The Balaban J connectivity index is 1.48. The minimum atomic E-state index is -1.12. The van der Waals surface area contributed by atoms with Crippen LogP contribution in [0.25, 0.3) is 11.3 Å². The van der Waals surface area contributed by atoms with Gasteiger partial charge in [-0.25, -0.2) is 9.97 Å². The lowest BCUT2D eigenvalue weighted by Crippen LogP contribution is -2.47. The average Bonchev–Trinajstić information content (AvgIpc) is 3.41. The van der Waals surface area contributed by atoms with Crippen LogP contribution < -0.4 is 10.6 Å². The lowest BCUT2D eigenvalue weighted by atomic mass is 9.84. The molecule has 3 N–H and O–H groups in total. The summed E-state index contributed by atoms with van der Waals surface area (Å²) in [7, 11) is 1.75. The topological polar surface area (TPSA) is 105 Å². The summed E-state index contributed by atoms with van der Waals surface area (Å²) in [6.07, 6.45) is 2.30. The van der Waals surface area contributed by atoms with Gasteiger partial charge in [-0.15, -0.1) is 0 Å². The first-order valence-corrected chi connectivity index (χ1v) is 13.1. The first kappa shape index (κ1) is 26.9. The van der Waals surface area contributed by atoms with Crippen LogP contribution in [0.2, 0.25) is 0 Å². The van der Waals surface area contributed by atoms with Gasteiger partial charge in [-0.05, 0) is 48.7 Å². The Morgan fingerprint density at radius 3 is 2.08 bits per heavy atom. The summed E-state index contributed by atoms with van der Waals surface area (Å²) in [5.41, 5.74) is 5.86. The van der Waals surface area contributed by atoms with Gasteiger partial charge in [0.05, 0.1) is 11.4 Å². The largest absolute Gasteiger partial charge is 0.373 e. The third-order valence-corrected chi connectivity index (χ3v) is 6.93. The lowest BCUT2D eigenvalue weighted by molar-refractivity contribution is -0.119. The van der Waals surface area contributed by atoms with Crippen molar-refractivity contribution in [3.63, 3.8) is 0 Å². The molecule has 5 aromatic rings. The predicted octanol–water partition coefficient (Wildman–Crippen LogP) is 4.91. The summed E-state index contributed by atoms with van der Waals surface area (Å²) >= 11 is 0. The minimum Gasteiger partial charge on any atom is -0.373 e. The number of aryl methyl sites for hydroxylation is 3. The lowest BCUT2D eigenvalue weighted by Gasteiger charge is -2.30. The number of aromatic nitrogens is 4. The van der Waals surface area contributed by atoms with Crippen molar-refractivity contribution in [3.05, 3.63) is 132 Å². The number of carbonyl (C=O) groups is 1. The quantitative estimate of drug-likeness (QED) is 0.233. The highest BCUT2D eigenvalue weighted by molar-refractivity contribution is 5.96. The number of nitrogens with one attached hydrogen (secondary N) is 2. The van der Waals surface area contributed by atoms with Gasteiger partial charge < -0.3 is 10.4 Å². The van der Waals surface area contributed by atoms with E-state index in [2.05, 4.69) is 25.7 Å². The molecule has 1 amide bonds. The van der Waals surface area contributed by atoms with E-state index in [1.807, 2.05) is 105 Å². The van der Waals surface area contributed by atoms with E-state index in [1.54, 1.807) is 24.0 Å². The number of anilines is 1. The van der Waals surface area contributed by atoms with Crippen molar-refractivity contribution in [2.45, 2.75) is 32.0 Å². The molecule has 0 bridgehead atoms. The molecule has 0 spiro atoms. The third-order valence-electron chi connectivity index (χ3n) is 6.93. The number of rotatable bonds is 9. The molecule has 0 saturated carbocycles. The van der Waals surface area contributed by atoms with Crippen LogP contribution in [0.5, 0.6) is 0 Å². The number of aliphatic hydroxyl groups is 1. The number of aliphatic hydroxyl groups excluding tert-OH is 1. The molecule has 0 aliphatic heterocycles. The third kappa shape index (κ3) is 5.98. The second kappa shape index (κ2) is 12.0. The maximum Gasteiger partial charge on any atom is 0.242 e. The van der Waals surface area contributed by atoms with Crippen molar-refractivity contribution in [2.75, 3.05) is 5.32 Å². The summed E-state index contributed by atoms with van der Waals surface area (Å²) in [5, 5.41) is 21.6. The maximum atomic E-state index is 14.0. The minimum absolute atomic E-state index is 0.277. The highest BCUT2D eigenvalue weighted by atomic mass is 16.3. The number of hydrogen-bond donors (Lipinski definition) is 3. The van der Waals surface area contributed by atoms with Gasteiger partial charge in [0.1, 0.15) is 18.1 Å². The fourth-order valence-corrected chi connectivity index (χ4v) is 4.88. The second-order valence-electron chi connectivity index (χ2n) is 9.74. The Morgan fingerprint density at radius 1 is 0.875 bits per heavy atom. The SMILES string of the molecule is Cc1ncc(C)c(-c2ccc(NC(=O)[C@@H](NC(O)c3ccnn3C)C(c3ccccc3)c3ccccc3)cc2)n1. The molecule has 2 aromatic heterocycles. The molecule has 0 aliphatic carbocycles. The molecule has 1 unspecified atom stereocenters. The second-order valence-corrected chi connectivity index (χ2v) is 9.74. The molecule has 0 aliphatic rings. The fourth-order valence-electron chi connectivity index (χ4n) is 4.88. The van der Waals surface area contributed by atoms with Crippen molar-refractivity contribution >= 4 is 11.6 Å². The normalized spacial score (nSPS) is 12.7. The molecule has 2 atom stereocenters. The van der Waals surface area contributed by atoms with E-state index in [9.17, 15) is 9.90 Å². The fraction of sp³-hybridized carbons (Fsp3) is 0.188. The van der Waals surface area contributed by atoms with E-state index in [4.69, 9.17) is 0 Å². The highest BCUT2D eigenvalue weighted by Crippen LogP contribution is 2.31. The summed E-state index contributed by atoms with van der Waals surface area (Å²) in [6.45, 7) is 3.84. The first-order chi connectivity index (χ1) is 19.4. The summed E-state index contributed by atoms with van der Waals surface area (Å²) in [6, 6.07) is 28.2. The molecule has 8 heteroatoms. The van der Waals surface area contributed by atoms with Gasteiger partial charge in [-0.3, -0.25) is 14.8 Å². The Kier molecular flexibility index (Phi) is 8.10. The first-order valence-electron chi connectivity index (χ1n) is 13.1. The van der Waals surface area contributed by atoms with Crippen LogP contribution in [0.1, 0.15) is 40.4 Å². The van der Waals surface area contributed by atoms with Crippen LogP contribution in [0.3, 0.4) is 0 Å². The van der Waals surface area contributed by atoms with Gasteiger partial charge in [-0.2, -0.15) is 5.10 Å². The number of benzene rings is 3. The van der Waals surface area contributed by atoms with E-state index in [0.29, 0.717) is 17.2 Å². The molecule has 2 heterocycles. The van der Waals surface area contributed by atoms with Crippen molar-refractivity contribution in [1.82, 2.24) is 25.1 Å². The Labute approximate surface area is 233 Å². The Morgan fingerprint density at radius 2 is 1.50 bits per heavy atom. The zero-order chi connectivity index (χ0) is 28.1. The van der Waals surface area contributed by atoms with Crippen LogP contribution in [0, 0.1) is 13.8 Å². The van der Waals surface area contributed by atoms with Gasteiger partial charge in [0.2, 0.25) is 5.91 Å². The molecule has 3 aromatic carbocycles. The zero-order valence-corrected chi connectivity index (χ0v) is 22.7. The smallest absolute Gasteiger partial charge is 0.242 e. The van der Waals surface area contributed by atoms with E-state index >= 15 is 0 Å². The van der Waals surface area contributed by atoms with Gasteiger partial charge in [0.25, 0.3) is 0 Å². The number of nitrogens with zero attached hydrogens (tertiary/aromatic N) is 4. The van der Waals surface area contributed by atoms with Gasteiger partial charge in [0.15, 0.2) is 0 Å². The van der Waals surface area contributed by atoms with Crippen LogP contribution in [-0.4, -0.2) is 36.8 Å². The average molecular weight is 533 g/mol. The number of carbonyl (C=O) groups excluding carboxylic acids is 1. The van der Waals surface area contributed by atoms with Crippen molar-refractivity contribution < 1.29 is 9.90 Å². The number of amides is 1. The maximum absolute atomic E-state index is 14.0. The molecule has 0 radical (unpaired) electrons.